The van der Waals surface area contributed by atoms with Gasteiger partial charge in [0.1, 0.15) is 0 Å². The molecule has 0 radical (unpaired) electrons. The molecule has 0 fully saturated rings. The summed E-state index contributed by atoms with van der Waals surface area (Å²) in [5.74, 6) is 0. The number of nitrogens with zero attached hydrogens (tertiary/aromatic N) is 1. The first kappa shape index (κ1) is 43.7. The van der Waals surface area contributed by atoms with E-state index in [0.717, 1.165) is 17.1 Å². The Morgan fingerprint density at radius 2 is 0.564 bits per heavy atom. The molecule has 0 aromatic heterocycles. The van der Waals surface area contributed by atoms with Crippen molar-refractivity contribution in [1.82, 2.24) is 0 Å². The lowest BCUT2D eigenvalue weighted by Gasteiger charge is -2.33. The summed E-state index contributed by atoms with van der Waals surface area (Å²) in [6.07, 6.45) is 0. The van der Waals surface area contributed by atoms with Crippen molar-refractivity contribution in [2.24, 2.45) is 0 Å². The quantitative estimate of drug-likeness (QED) is 0.166. The molecule has 1 nitrogen and oxygen atoms in total. The molecule has 78 heavy (non-hydrogen) atoms. The van der Waals surface area contributed by atoms with E-state index in [1.807, 2.05) is 0 Å². The maximum absolute atomic E-state index is 2.53. The summed E-state index contributed by atoms with van der Waals surface area (Å²) in [5, 5.41) is 0. The predicted molar refractivity (Wildman–Crippen MR) is 322 cm³/mol. The fraction of sp³-hybridized carbons (Fsp3) is 0.0649. The van der Waals surface area contributed by atoms with Crippen molar-refractivity contribution in [3.8, 4) is 77.9 Å². The number of anilines is 3. The second-order valence-electron chi connectivity index (χ2n) is 22.6. The van der Waals surface area contributed by atoms with Crippen molar-refractivity contribution in [2.75, 3.05) is 4.90 Å². The van der Waals surface area contributed by atoms with Crippen LogP contribution in [-0.4, -0.2) is 0 Å². The van der Waals surface area contributed by atoms with E-state index in [-0.39, 0.29) is 5.41 Å². The molecule has 0 aliphatic heterocycles. The Morgan fingerprint density at radius 1 is 0.218 bits per heavy atom. The number of benzene rings is 12. The second-order valence-corrected chi connectivity index (χ2v) is 22.6. The lowest BCUT2D eigenvalue weighted by Crippen LogP contribution is -2.26. The topological polar surface area (TPSA) is 3.24 Å². The molecule has 364 valence electrons. The van der Waals surface area contributed by atoms with Crippen LogP contribution in [0.15, 0.2) is 273 Å². The number of hydrogen-bond acceptors (Lipinski definition) is 1. The van der Waals surface area contributed by atoms with Gasteiger partial charge < -0.3 is 4.90 Å². The first-order valence-corrected chi connectivity index (χ1v) is 27.6. The Kier molecular flexibility index (Phi) is 8.82. The van der Waals surface area contributed by atoms with E-state index in [2.05, 4.69) is 292 Å². The molecule has 12 aromatic carbocycles. The lowest BCUT2D eigenvalue weighted by atomic mass is 9.70. The molecule has 0 atom stereocenters. The molecule has 0 heterocycles. The average molecular weight is 990 g/mol. The van der Waals surface area contributed by atoms with Crippen molar-refractivity contribution >= 4 is 17.1 Å². The van der Waals surface area contributed by atoms with Crippen molar-refractivity contribution in [3.63, 3.8) is 0 Å². The minimum atomic E-state index is -0.478. The molecule has 1 heteroatoms. The van der Waals surface area contributed by atoms with Gasteiger partial charge in [0.15, 0.2) is 0 Å². The maximum atomic E-state index is 2.53. The van der Waals surface area contributed by atoms with Crippen LogP contribution in [0.2, 0.25) is 0 Å². The molecule has 12 aromatic rings. The highest BCUT2D eigenvalue weighted by Gasteiger charge is 2.53. The summed E-state index contributed by atoms with van der Waals surface area (Å²) >= 11 is 0. The Balaban J connectivity index is 0.869. The smallest absolute Gasteiger partial charge is 0.0726 e. The van der Waals surface area contributed by atoms with Gasteiger partial charge in [0.2, 0.25) is 0 Å². The van der Waals surface area contributed by atoms with Gasteiger partial charge in [-0.2, -0.15) is 0 Å². The van der Waals surface area contributed by atoms with Gasteiger partial charge in [-0.25, -0.2) is 0 Å². The number of hydrogen-bond donors (Lipinski definition) is 0. The van der Waals surface area contributed by atoms with Crippen LogP contribution in [-0.2, 0) is 16.2 Å². The van der Waals surface area contributed by atoms with Crippen LogP contribution >= 0.6 is 0 Å². The number of rotatable bonds is 5. The van der Waals surface area contributed by atoms with Gasteiger partial charge in [0, 0.05) is 22.5 Å². The SMILES string of the molecule is CC1(C)c2cc(-c3ccc(N(c4ccc5c(c4)C4(c6ccccc6-c6ccccc64)c4ccccc4-5)c4ccc5c(c4)C4(c6ccccc6-c6ccccc64)c4ccccc4-5)cc3)ccc2-c2c(-c3ccccc3)cccc21. The molecule has 0 saturated carbocycles. The van der Waals surface area contributed by atoms with E-state index in [1.54, 1.807) is 0 Å². The minimum Gasteiger partial charge on any atom is -0.310 e. The molecular formula is C77H51N. The van der Waals surface area contributed by atoms with Crippen LogP contribution < -0.4 is 4.90 Å². The highest BCUT2D eigenvalue weighted by molar-refractivity contribution is 5.99. The van der Waals surface area contributed by atoms with Crippen molar-refractivity contribution in [2.45, 2.75) is 30.1 Å². The number of fused-ring (bicyclic) bond motifs is 23. The summed E-state index contributed by atoms with van der Waals surface area (Å²) in [5.41, 5.74) is 33.8. The standard InChI is InChI=1S/C77H51N/c1-75(2)70-34-18-27-54(49-19-4-3-5-20-49)74(70)63-42-37-50(45-71(63)75)48-35-38-51(39-36-48)78(52-40-43-61-59-25-10-16-32-68(59)76(72(61)46-52)64-28-12-6-21-55(64)56-22-7-13-29-65(56)76)53-41-44-62-60-26-11-17-33-69(60)77(73(62)47-53)66-30-14-8-23-57(66)58-24-9-15-31-67(58)77/h3-47H,1-2H3. The third kappa shape index (κ3) is 5.50. The largest absolute Gasteiger partial charge is 0.310 e. The van der Waals surface area contributed by atoms with Crippen LogP contribution in [0.5, 0.6) is 0 Å². The summed E-state index contributed by atoms with van der Waals surface area (Å²) in [6, 6.07) is 104. The van der Waals surface area contributed by atoms with Gasteiger partial charge in [0.25, 0.3) is 0 Å². The maximum Gasteiger partial charge on any atom is 0.0726 e. The van der Waals surface area contributed by atoms with Crippen molar-refractivity contribution < 1.29 is 0 Å². The monoisotopic (exact) mass is 989 g/mol. The summed E-state index contributed by atoms with van der Waals surface area (Å²) in [6.45, 7) is 4.78. The van der Waals surface area contributed by atoms with E-state index < -0.39 is 10.8 Å². The minimum absolute atomic E-state index is 0.155. The molecular weight excluding hydrogens is 939 g/mol. The zero-order valence-electron chi connectivity index (χ0n) is 43.4. The summed E-state index contributed by atoms with van der Waals surface area (Å²) < 4.78 is 0. The Labute approximate surface area is 456 Å². The van der Waals surface area contributed by atoms with Gasteiger partial charge in [-0.05, 0) is 176 Å². The molecule has 2 spiro atoms. The molecule has 0 amide bonds. The zero-order chi connectivity index (χ0) is 51.5. The van der Waals surface area contributed by atoms with Crippen LogP contribution in [0.4, 0.5) is 17.1 Å². The predicted octanol–water partition coefficient (Wildman–Crippen LogP) is 19.5. The van der Waals surface area contributed by atoms with Gasteiger partial charge in [-0.3, -0.25) is 0 Å². The first-order valence-electron chi connectivity index (χ1n) is 27.6. The van der Waals surface area contributed by atoms with Crippen LogP contribution in [0, 0.1) is 0 Å². The first-order chi connectivity index (χ1) is 38.5. The van der Waals surface area contributed by atoms with Gasteiger partial charge in [0.05, 0.1) is 10.8 Å². The molecule has 0 unspecified atom stereocenters. The van der Waals surface area contributed by atoms with Gasteiger partial charge in [-0.1, -0.05) is 244 Å². The van der Waals surface area contributed by atoms with Crippen molar-refractivity contribution in [3.05, 3.63) is 329 Å². The Hall–Kier alpha value is -9.56. The molecule has 0 bridgehead atoms. The van der Waals surface area contributed by atoms with E-state index >= 15 is 0 Å². The average Bonchev–Trinajstić information content (AvgIpc) is 3.95. The molecule has 5 aliphatic carbocycles. The van der Waals surface area contributed by atoms with E-state index in [1.165, 1.54) is 134 Å². The summed E-state index contributed by atoms with van der Waals surface area (Å²) in [4.78, 5) is 2.53. The second kappa shape index (κ2) is 15.8. The highest BCUT2D eigenvalue weighted by atomic mass is 15.1. The van der Waals surface area contributed by atoms with Crippen molar-refractivity contribution in [1.29, 1.82) is 0 Å². The zero-order valence-corrected chi connectivity index (χ0v) is 43.4. The fourth-order valence-electron chi connectivity index (χ4n) is 15.5. The van der Waals surface area contributed by atoms with E-state index in [9.17, 15) is 0 Å². The highest BCUT2D eigenvalue weighted by Crippen LogP contribution is 2.66. The van der Waals surface area contributed by atoms with Crippen LogP contribution in [0.3, 0.4) is 0 Å². The Morgan fingerprint density at radius 3 is 1.01 bits per heavy atom. The molecule has 0 N–H and O–H groups in total. The normalized spacial score (nSPS) is 14.8. The third-order valence-electron chi connectivity index (χ3n) is 18.7. The molecule has 0 saturated heterocycles. The van der Waals surface area contributed by atoms with Gasteiger partial charge >= 0.3 is 0 Å². The fourth-order valence-corrected chi connectivity index (χ4v) is 15.5. The van der Waals surface area contributed by atoms with Gasteiger partial charge in [-0.15, -0.1) is 0 Å². The Bertz CT molecular complexity index is 4210. The molecule has 5 aliphatic rings. The summed E-state index contributed by atoms with van der Waals surface area (Å²) in [7, 11) is 0. The lowest BCUT2D eigenvalue weighted by molar-refractivity contribution is 0.660. The van der Waals surface area contributed by atoms with Crippen LogP contribution in [0.25, 0.3) is 77.9 Å². The van der Waals surface area contributed by atoms with Crippen LogP contribution in [0.1, 0.15) is 69.5 Å². The third-order valence-corrected chi connectivity index (χ3v) is 18.7. The molecule has 17 rings (SSSR count). The van der Waals surface area contributed by atoms with E-state index in [4.69, 9.17) is 0 Å². The van der Waals surface area contributed by atoms with E-state index in [0.29, 0.717) is 0 Å².